The molecule has 0 unspecified atom stereocenters. The SMILES string of the molecule is Cc1nn(C(C)(C)C)cc1CCC(C)C. The molecule has 0 radical (unpaired) electrons. The lowest BCUT2D eigenvalue weighted by atomic mass is 10.0. The summed E-state index contributed by atoms with van der Waals surface area (Å²) < 4.78 is 2.08. The summed E-state index contributed by atoms with van der Waals surface area (Å²) in [5.74, 6) is 0.766. The van der Waals surface area contributed by atoms with E-state index in [0.717, 1.165) is 12.3 Å². The zero-order valence-electron chi connectivity index (χ0n) is 11.0. The van der Waals surface area contributed by atoms with E-state index in [0.29, 0.717) is 0 Å². The largest absolute Gasteiger partial charge is 0.267 e. The minimum atomic E-state index is 0.0981. The molecule has 1 aromatic heterocycles. The van der Waals surface area contributed by atoms with E-state index in [2.05, 4.69) is 57.5 Å². The van der Waals surface area contributed by atoms with Crippen LogP contribution in [0.25, 0.3) is 0 Å². The third-order valence-electron chi connectivity index (χ3n) is 2.68. The summed E-state index contributed by atoms with van der Waals surface area (Å²) in [4.78, 5) is 0. The van der Waals surface area contributed by atoms with Gasteiger partial charge in [-0.05, 0) is 52.0 Å². The Hall–Kier alpha value is -0.790. The molecular weight excluding hydrogens is 184 g/mol. The number of nitrogens with zero attached hydrogens (tertiary/aromatic N) is 2. The maximum Gasteiger partial charge on any atom is 0.0625 e. The topological polar surface area (TPSA) is 17.8 Å². The van der Waals surface area contributed by atoms with E-state index in [4.69, 9.17) is 0 Å². The van der Waals surface area contributed by atoms with E-state index in [1.165, 1.54) is 17.7 Å². The second-order valence-corrected chi connectivity index (χ2v) is 5.79. The zero-order valence-corrected chi connectivity index (χ0v) is 11.0. The van der Waals surface area contributed by atoms with E-state index in [1.54, 1.807) is 0 Å². The molecule has 0 spiro atoms. The van der Waals surface area contributed by atoms with Gasteiger partial charge in [-0.15, -0.1) is 0 Å². The Bertz CT molecular complexity index is 316. The van der Waals surface area contributed by atoms with Crippen LogP contribution in [-0.4, -0.2) is 9.78 Å². The van der Waals surface area contributed by atoms with Gasteiger partial charge in [-0.1, -0.05) is 13.8 Å². The minimum absolute atomic E-state index is 0.0981. The average molecular weight is 208 g/mol. The lowest BCUT2D eigenvalue weighted by Crippen LogP contribution is -2.22. The molecule has 15 heavy (non-hydrogen) atoms. The smallest absolute Gasteiger partial charge is 0.0625 e. The molecule has 86 valence electrons. The van der Waals surface area contributed by atoms with Crippen LogP contribution in [0.1, 0.15) is 52.3 Å². The summed E-state index contributed by atoms with van der Waals surface area (Å²) >= 11 is 0. The van der Waals surface area contributed by atoms with Crippen LogP contribution in [0.4, 0.5) is 0 Å². The van der Waals surface area contributed by atoms with Gasteiger partial charge >= 0.3 is 0 Å². The van der Waals surface area contributed by atoms with Crippen molar-refractivity contribution in [3.63, 3.8) is 0 Å². The molecular formula is C13H24N2. The second kappa shape index (κ2) is 4.38. The lowest BCUT2D eigenvalue weighted by molar-refractivity contribution is 0.354. The normalized spacial score (nSPS) is 12.5. The highest BCUT2D eigenvalue weighted by Crippen LogP contribution is 2.18. The van der Waals surface area contributed by atoms with Crippen LogP contribution in [0.5, 0.6) is 0 Å². The summed E-state index contributed by atoms with van der Waals surface area (Å²) in [7, 11) is 0. The van der Waals surface area contributed by atoms with Gasteiger partial charge in [0.2, 0.25) is 0 Å². The van der Waals surface area contributed by atoms with Gasteiger partial charge in [0.15, 0.2) is 0 Å². The van der Waals surface area contributed by atoms with Crippen LogP contribution in [-0.2, 0) is 12.0 Å². The molecule has 0 bridgehead atoms. The fourth-order valence-corrected chi connectivity index (χ4v) is 1.53. The van der Waals surface area contributed by atoms with Gasteiger partial charge in [0.25, 0.3) is 0 Å². The standard InChI is InChI=1S/C13H24N2/c1-10(2)7-8-12-9-15(13(4,5)6)14-11(12)3/h9-10H,7-8H2,1-6H3. The molecule has 0 atom stereocenters. The van der Waals surface area contributed by atoms with Crippen LogP contribution in [0, 0.1) is 12.8 Å². The summed E-state index contributed by atoms with van der Waals surface area (Å²) in [6.07, 6.45) is 4.61. The summed E-state index contributed by atoms with van der Waals surface area (Å²) in [5, 5.41) is 4.58. The van der Waals surface area contributed by atoms with Crippen molar-refractivity contribution in [3.8, 4) is 0 Å². The predicted octanol–water partition coefficient (Wildman–Crippen LogP) is 3.54. The van der Waals surface area contributed by atoms with Gasteiger partial charge < -0.3 is 0 Å². The Morgan fingerprint density at radius 1 is 1.33 bits per heavy atom. The average Bonchev–Trinajstić information content (AvgIpc) is 2.42. The van der Waals surface area contributed by atoms with Crippen molar-refractivity contribution in [2.75, 3.05) is 0 Å². The van der Waals surface area contributed by atoms with Gasteiger partial charge in [-0.2, -0.15) is 5.10 Å². The monoisotopic (exact) mass is 208 g/mol. The van der Waals surface area contributed by atoms with Gasteiger partial charge in [-0.3, -0.25) is 4.68 Å². The van der Waals surface area contributed by atoms with E-state index in [-0.39, 0.29) is 5.54 Å². The van der Waals surface area contributed by atoms with Crippen molar-refractivity contribution in [1.82, 2.24) is 9.78 Å². The van der Waals surface area contributed by atoms with Crippen LogP contribution in [0.3, 0.4) is 0 Å². The van der Waals surface area contributed by atoms with E-state index in [1.807, 2.05) is 0 Å². The summed E-state index contributed by atoms with van der Waals surface area (Å²) in [5.41, 5.74) is 2.69. The zero-order chi connectivity index (χ0) is 11.6. The van der Waals surface area contributed by atoms with Crippen molar-refractivity contribution in [2.24, 2.45) is 5.92 Å². The summed E-state index contributed by atoms with van der Waals surface area (Å²) in [6, 6.07) is 0. The third-order valence-corrected chi connectivity index (χ3v) is 2.68. The Morgan fingerprint density at radius 2 is 1.93 bits per heavy atom. The molecule has 0 aliphatic rings. The fourth-order valence-electron chi connectivity index (χ4n) is 1.53. The van der Waals surface area contributed by atoms with E-state index < -0.39 is 0 Å². The van der Waals surface area contributed by atoms with Crippen molar-refractivity contribution >= 4 is 0 Å². The number of aromatic nitrogens is 2. The second-order valence-electron chi connectivity index (χ2n) is 5.79. The molecule has 0 fully saturated rings. The Labute approximate surface area is 93.7 Å². The molecule has 0 saturated carbocycles. The van der Waals surface area contributed by atoms with Crippen LogP contribution in [0.15, 0.2) is 6.20 Å². The highest BCUT2D eigenvalue weighted by molar-refractivity contribution is 5.16. The van der Waals surface area contributed by atoms with Crippen molar-refractivity contribution < 1.29 is 0 Å². The highest BCUT2D eigenvalue weighted by Gasteiger charge is 2.16. The van der Waals surface area contributed by atoms with Gasteiger partial charge in [0, 0.05) is 6.20 Å². The Balaban J connectivity index is 2.78. The van der Waals surface area contributed by atoms with Crippen LogP contribution >= 0.6 is 0 Å². The van der Waals surface area contributed by atoms with E-state index >= 15 is 0 Å². The lowest BCUT2D eigenvalue weighted by Gasteiger charge is -2.18. The molecule has 0 amide bonds. The number of rotatable bonds is 3. The first-order chi connectivity index (χ1) is 6.80. The Kier molecular flexibility index (Phi) is 3.58. The first-order valence-corrected chi connectivity index (χ1v) is 5.86. The highest BCUT2D eigenvalue weighted by atomic mass is 15.3. The van der Waals surface area contributed by atoms with Crippen LogP contribution < -0.4 is 0 Å². The Morgan fingerprint density at radius 3 is 2.33 bits per heavy atom. The molecule has 0 aromatic carbocycles. The molecule has 1 rings (SSSR count). The first-order valence-electron chi connectivity index (χ1n) is 5.86. The third kappa shape index (κ3) is 3.37. The first kappa shape index (κ1) is 12.3. The van der Waals surface area contributed by atoms with Gasteiger partial charge in [0.05, 0.1) is 11.2 Å². The molecule has 2 heteroatoms. The van der Waals surface area contributed by atoms with E-state index in [9.17, 15) is 0 Å². The van der Waals surface area contributed by atoms with Crippen molar-refractivity contribution in [2.45, 2.75) is 59.9 Å². The van der Waals surface area contributed by atoms with Gasteiger partial charge in [-0.25, -0.2) is 0 Å². The number of hydrogen-bond acceptors (Lipinski definition) is 1. The van der Waals surface area contributed by atoms with Crippen LogP contribution in [0.2, 0.25) is 0 Å². The molecule has 0 N–H and O–H groups in total. The number of hydrogen-bond donors (Lipinski definition) is 0. The molecule has 0 saturated heterocycles. The minimum Gasteiger partial charge on any atom is -0.267 e. The molecule has 2 nitrogen and oxygen atoms in total. The van der Waals surface area contributed by atoms with Crippen molar-refractivity contribution in [3.05, 3.63) is 17.5 Å². The molecule has 0 aliphatic carbocycles. The van der Waals surface area contributed by atoms with Gasteiger partial charge in [0.1, 0.15) is 0 Å². The van der Waals surface area contributed by atoms with Crippen molar-refractivity contribution in [1.29, 1.82) is 0 Å². The quantitative estimate of drug-likeness (QED) is 0.743. The predicted molar refractivity (Wildman–Crippen MR) is 65.1 cm³/mol. The summed E-state index contributed by atoms with van der Waals surface area (Å²) in [6.45, 7) is 13.2. The molecule has 1 heterocycles. The number of aryl methyl sites for hydroxylation is 2. The molecule has 0 aliphatic heterocycles. The maximum atomic E-state index is 4.58. The maximum absolute atomic E-state index is 4.58. The molecule has 1 aromatic rings. The fraction of sp³-hybridized carbons (Fsp3) is 0.769.